The van der Waals surface area contributed by atoms with E-state index >= 15 is 0 Å². The van der Waals surface area contributed by atoms with Crippen molar-refractivity contribution in [3.8, 4) is 0 Å². The summed E-state index contributed by atoms with van der Waals surface area (Å²) in [5, 5.41) is 12.1. The Morgan fingerprint density at radius 2 is 1.88 bits per heavy atom. The van der Waals surface area contributed by atoms with E-state index in [1.54, 1.807) is 28.9 Å². The Kier molecular flexibility index (Phi) is 2.87. The standard InChI is InChI=1S/C18H12ClN5O/c1-23-9-11-3-2-10-8-20-17-16(14(10)15(11)21-23)22-24(18(17)25)13-6-4-12(19)5-7-13/h2-7,9H,8H2,1H3. The largest absolute Gasteiger partial charge is 0.299 e. The van der Waals surface area contributed by atoms with Crippen LogP contribution in [-0.2, 0) is 18.4 Å². The number of hydrogen-bond acceptors (Lipinski definition) is 4. The number of aryl methyl sites for hydroxylation is 1. The van der Waals surface area contributed by atoms with Crippen LogP contribution in [-0.4, -0.2) is 27.1 Å². The van der Waals surface area contributed by atoms with E-state index in [-0.39, 0.29) is 5.91 Å². The van der Waals surface area contributed by atoms with Crippen LogP contribution in [0.1, 0.15) is 11.1 Å². The number of benzene rings is 2. The van der Waals surface area contributed by atoms with Crippen LogP contribution in [0.5, 0.6) is 0 Å². The number of carbonyl (C=O) groups excluding carboxylic acids is 1. The summed E-state index contributed by atoms with van der Waals surface area (Å²) >= 11 is 5.94. The molecule has 25 heavy (non-hydrogen) atoms. The first-order valence-electron chi connectivity index (χ1n) is 7.81. The molecule has 2 aromatic carbocycles. The van der Waals surface area contributed by atoms with E-state index in [2.05, 4.69) is 15.2 Å². The predicted octanol–water partition coefficient (Wildman–Crippen LogP) is 2.93. The van der Waals surface area contributed by atoms with Crippen molar-refractivity contribution in [3.05, 3.63) is 58.7 Å². The van der Waals surface area contributed by atoms with Gasteiger partial charge in [0.1, 0.15) is 11.2 Å². The molecule has 3 aromatic rings. The number of anilines is 1. The lowest BCUT2D eigenvalue weighted by molar-refractivity contribution is -0.112. The third-order valence-electron chi connectivity index (χ3n) is 4.41. The molecule has 2 aliphatic rings. The minimum atomic E-state index is -0.226. The SMILES string of the molecule is Cn1cc2ccc3c(c2n1)C1=NN(c2ccc(Cl)cc2)C(=O)C1=NC3. The maximum absolute atomic E-state index is 12.8. The van der Waals surface area contributed by atoms with E-state index in [0.29, 0.717) is 28.7 Å². The quantitative estimate of drug-likeness (QED) is 0.678. The normalized spacial score (nSPS) is 15.9. The Morgan fingerprint density at radius 3 is 2.68 bits per heavy atom. The number of aliphatic imine (C=N–C) groups is 1. The summed E-state index contributed by atoms with van der Waals surface area (Å²) in [5.74, 6) is -0.226. The molecule has 1 amide bonds. The molecule has 7 heteroatoms. The Labute approximate surface area is 148 Å². The van der Waals surface area contributed by atoms with Crippen molar-refractivity contribution in [3.63, 3.8) is 0 Å². The number of hydrogen-bond donors (Lipinski definition) is 0. The molecule has 0 atom stereocenters. The zero-order chi connectivity index (χ0) is 17.1. The zero-order valence-electron chi connectivity index (χ0n) is 13.3. The first-order chi connectivity index (χ1) is 12.1. The highest BCUT2D eigenvalue weighted by atomic mass is 35.5. The van der Waals surface area contributed by atoms with Crippen molar-refractivity contribution < 1.29 is 4.79 Å². The van der Waals surface area contributed by atoms with Crippen LogP contribution in [0, 0.1) is 0 Å². The van der Waals surface area contributed by atoms with Crippen molar-refractivity contribution in [2.24, 2.45) is 17.1 Å². The highest BCUT2D eigenvalue weighted by molar-refractivity contribution is 6.75. The Balaban J connectivity index is 1.71. The van der Waals surface area contributed by atoms with Gasteiger partial charge in [-0.15, -0.1) is 0 Å². The van der Waals surface area contributed by atoms with E-state index < -0.39 is 0 Å². The lowest BCUT2D eigenvalue weighted by atomic mass is 9.95. The van der Waals surface area contributed by atoms with Crippen LogP contribution in [0.3, 0.4) is 0 Å². The van der Waals surface area contributed by atoms with E-state index in [1.807, 2.05) is 25.4 Å². The summed E-state index contributed by atoms with van der Waals surface area (Å²) in [5.41, 5.74) is 4.41. The lowest BCUT2D eigenvalue weighted by Crippen LogP contribution is -2.30. The number of aromatic nitrogens is 2. The van der Waals surface area contributed by atoms with Crippen LogP contribution in [0.4, 0.5) is 5.69 Å². The molecule has 1 aromatic heterocycles. The van der Waals surface area contributed by atoms with Gasteiger partial charge in [-0.05, 0) is 29.8 Å². The van der Waals surface area contributed by atoms with Crippen LogP contribution >= 0.6 is 11.6 Å². The van der Waals surface area contributed by atoms with E-state index in [1.165, 1.54) is 5.01 Å². The Bertz CT molecular complexity index is 1110. The van der Waals surface area contributed by atoms with Gasteiger partial charge in [0.2, 0.25) is 0 Å². The highest BCUT2D eigenvalue weighted by Gasteiger charge is 2.37. The fourth-order valence-electron chi connectivity index (χ4n) is 3.27. The first-order valence-corrected chi connectivity index (χ1v) is 8.19. The van der Waals surface area contributed by atoms with Gasteiger partial charge in [-0.1, -0.05) is 23.7 Å². The fraction of sp³-hybridized carbons (Fsp3) is 0.111. The molecule has 0 radical (unpaired) electrons. The summed E-state index contributed by atoms with van der Waals surface area (Å²) in [4.78, 5) is 17.3. The summed E-state index contributed by atoms with van der Waals surface area (Å²) in [6.07, 6.45) is 1.95. The van der Waals surface area contributed by atoms with Gasteiger partial charge in [-0.3, -0.25) is 14.5 Å². The van der Waals surface area contributed by atoms with Crippen LogP contribution in [0.15, 0.2) is 52.7 Å². The number of halogens is 1. The molecule has 2 aliphatic heterocycles. The second kappa shape index (κ2) is 5.00. The van der Waals surface area contributed by atoms with Crippen molar-refractivity contribution in [2.75, 3.05) is 5.01 Å². The maximum atomic E-state index is 12.8. The fourth-order valence-corrected chi connectivity index (χ4v) is 3.40. The number of nitrogens with zero attached hydrogens (tertiary/aromatic N) is 5. The van der Waals surface area contributed by atoms with Gasteiger partial charge in [0.15, 0.2) is 5.71 Å². The Morgan fingerprint density at radius 1 is 1.08 bits per heavy atom. The molecule has 0 spiro atoms. The molecule has 0 unspecified atom stereocenters. The van der Waals surface area contributed by atoms with Crippen molar-refractivity contribution in [2.45, 2.75) is 6.54 Å². The molecular formula is C18H12ClN5O. The van der Waals surface area contributed by atoms with Gasteiger partial charge >= 0.3 is 0 Å². The van der Waals surface area contributed by atoms with Crippen LogP contribution < -0.4 is 5.01 Å². The topological polar surface area (TPSA) is 62.9 Å². The van der Waals surface area contributed by atoms with Gasteiger partial charge in [0.25, 0.3) is 5.91 Å². The number of fused-ring (bicyclic) bond motifs is 5. The predicted molar refractivity (Wildman–Crippen MR) is 97.3 cm³/mol. The molecule has 3 heterocycles. The number of carbonyl (C=O) groups is 1. The van der Waals surface area contributed by atoms with Gasteiger partial charge in [0, 0.05) is 29.2 Å². The van der Waals surface area contributed by atoms with Gasteiger partial charge in [0.05, 0.1) is 12.2 Å². The average molecular weight is 350 g/mol. The van der Waals surface area contributed by atoms with Crippen molar-refractivity contribution in [1.82, 2.24) is 9.78 Å². The third kappa shape index (κ3) is 2.04. The molecule has 0 fully saturated rings. The molecule has 0 bridgehead atoms. The van der Waals surface area contributed by atoms with Crippen LogP contribution in [0.25, 0.3) is 10.9 Å². The van der Waals surface area contributed by atoms with Gasteiger partial charge in [-0.2, -0.15) is 15.2 Å². The highest BCUT2D eigenvalue weighted by Crippen LogP contribution is 2.31. The molecule has 5 rings (SSSR count). The minimum absolute atomic E-state index is 0.226. The molecule has 0 saturated carbocycles. The van der Waals surface area contributed by atoms with Crippen molar-refractivity contribution in [1.29, 1.82) is 0 Å². The summed E-state index contributed by atoms with van der Waals surface area (Å²) in [6.45, 7) is 0.455. The Hall–Kier alpha value is -2.99. The molecular weight excluding hydrogens is 338 g/mol. The van der Waals surface area contributed by atoms with E-state index in [9.17, 15) is 4.79 Å². The molecule has 0 saturated heterocycles. The number of amides is 1. The second-order valence-corrected chi connectivity index (χ2v) is 6.48. The third-order valence-corrected chi connectivity index (χ3v) is 4.67. The summed E-state index contributed by atoms with van der Waals surface area (Å²) < 4.78 is 1.77. The second-order valence-electron chi connectivity index (χ2n) is 6.05. The summed E-state index contributed by atoms with van der Waals surface area (Å²) in [6, 6.07) is 11.1. The average Bonchev–Trinajstić information content (AvgIpc) is 3.15. The first kappa shape index (κ1) is 14.4. The summed E-state index contributed by atoms with van der Waals surface area (Å²) in [7, 11) is 1.88. The van der Waals surface area contributed by atoms with E-state index in [4.69, 9.17) is 11.6 Å². The van der Waals surface area contributed by atoms with Gasteiger partial charge < -0.3 is 0 Å². The monoisotopic (exact) mass is 349 g/mol. The molecule has 122 valence electrons. The molecule has 6 nitrogen and oxygen atoms in total. The lowest BCUT2D eigenvalue weighted by Gasteiger charge is -2.13. The van der Waals surface area contributed by atoms with E-state index in [0.717, 1.165) is 22.0 Å². The maximum Gasteiger partial charge on any atom is 0.299 e. The van der Waals surface area contributed by atoms with Crippen molar-refractivity contribution >= 4 is 45.5 Å². The number of rotatable bonds is 1. The molecule has 0 aliphatic carbocycles. The van der Waals surface area contributed by atoms with Gasteiger partial charge in [-0.25, -0.2) is 0 Å². The zero-order valence-corrected chi connectivity index (χ0v) is 14.0. The smallest absolute Gasteiger partial charge is 0.275 e. The minimum Gasteiger partial charge on any atom is -0.275 e. The van der Waals surface area contributed by atoms with Crippen LogP contribution in [0.2, 0.25) is 5.02 Å². The number of hydrazone groups is 1. The molecule has 0 N–H and O–H groups in total.